The molecule has 0 spiro atoms. The van der Waals surface area contributed by atoms with Gasteiger partial charge in [-0.25, -0.2) is 35.8 Å². The van der Waals surface area contributed by atoms with E-state index < -0.39 is 67.5 Å². The third-order valence-electron chi connectivity index (χ3n) is 6.05. The minimum absolute atomic E-state index is 0.0494. The molecule has 1 atom stereocenters. The normalized spacial score (nSPS) is 19.7. The van der Waals surface area contributed by atoms with Crippen LogP contribution in [-0.2, 0) is 6.54 Å². The van der Waals surface area contributed by atoms with Crippen molar-refractivity contribution in [2.24, 2.45) is 0 Å². The number of fused-ring (bicyclic) bond motifs is 2. The van der Waals surface area contributed by atoms with Crippen LogP contribution in [0.25, 0.3) is 27.7 Å². The van der Waals surface area contributed by atoms with Crippen LogP contribution in [0.3, 0.4) is 0 Å². The van der Waals surface area contributed by atoms with Gasteiger partial charge in [-0.15, -0.1) is 5.10 Å². The van der Waals surface area contributed by atoms with E-state index in [1.165, 1.54) is 24.9 Å². The average Bonchev–Trinajstić information content (AvgIpc) is 3.37. The molecule has 14 heteroatoms. The van der Waals surface area contributed by atoms with Crippen molar-refractivity contribution in [3.8, 4) is 17.0 Å². The third-order valence-corrected chi connectivity index (χ3v) is 6.05. The monoisotopic (exact) mass is 516 g/mol. The number of nitrogens with zero attached hydrogens (tertiary/aromatic N) is 6. The average molecular weight is 516 g/mol. The first kappa shape index (κ1) is 20.6. The number of imidazole rings is 1. The highest BCUT2D eigenvalue weighted by Gasteiger charge is 2.47. The molecule has 0 aliphatic carbocycles. The van der Waals surface area contributed by atoms with Gasteiger partial charge < -0.3 is 14.6 Å². The highest BCUT2D eigenvalue weighted by molar-refractivity contribution is 5.90. The van der Waals surface area contributed by atoms with Gasteiger partial charge in [0.15, 0.2) is 11.6 Å². The Bertz CT molecular complexity index is 1570. The van der Waals surface area contributed by atoms with Crippen LogP contribution in [0.2, 0.25) is 0 Å². The molecule has 1 aliphatic heterocycles. The van der Waals surface area contributed by atoms with Gasteiger partial charge in [0, 0.05) is 6.54 Å². The van der Waals surface area contributed by atoms with Crippen LogP contribution in [0, 0.1) is 18.6 Å². The Morgan fingerprint density at radius 3 is 2.69 bits per heavy atom. The Kier molecular flexibility index (Phi) is 4.89. The van der Waals surface area contributed by atoms with Gasteiger partial charge in [0.25, 0.3) is 12.3 Å². The summed E-state index contributed by atoms with van der Waals surface area (Å²) in [5.74, 6) is -6.18. The second-order valence-electron chi connectivity index (χ2n) is 8.63. The first-order valence-electron chi connectivity index (χ1n) is 12.2. The predicted octanol–water partition coefficient (Wildman–Crippen LogP) is 3.97. The molecule has 4 aromatic rings. The summed E-state index contributed by atoms with van der Waals surface area (Å²) in [4.78, 5) is 9.28. The zero-order valence-corrected chi connectivity index (χ0v) is 18.9. The lowest BCUT2D eigenvalue weighted by Crippen LogP contribution is -2.38. The number of hydrogen-bond acceptors (Lipinski definition) is 6. The Morgan fingerprint density at radius 2 is 2.03 bits per heavy atom. The van der Waals surface area contributed by atoms with Crippen LogP contribution in [0.1, 0.15) is 9.94 Å². The Hall–Kier alpha value is -3.55. The molecule has 1 fully saturated rings. The van der Waals surface area contributed by atoms with E-state index in [1.807, 2.05) is 0 Å². The Morgan fingerprint density at radius 1 is 1.25 bits per heavy atom. The van der Waals surface area contributed by atoms with Crippen molar-refractivity contribution in [3.63, 3.8) is 0 Å². The second-order valence-corrected chi connectivity index (χ2v) is 8.63. The van der Waals surface area contributed by atoms with Crippen molar-refractivity contribution in [2.75, 3.05) is 32.5 Å². The molecule has 1 N–H and O–H groups in total. The van der Waals surface area contributed by atoms with Crippen molar-refractivity contribution in [3.05, 3.63) is 35.8 Å². The SMILES string of the molecule is [2H]C([2H])([2H])Oc1nc(NC2CN(C)CC2(F)F)nn2cc(F)c(-c3cc(F)c4nc(C)n(CC(F)F)c4c3)c12. The molecule has 1 saturated heterocycles. The van der Waals surface area contributed by atoms with Gasteiger partial charge in [0.1, 0.15) is 22.9 Å². The van der Waals surface area contributed by atoms with Gasteiger partial charge in [-0.3, -0.25) is 4.90 Å². The molecule has 0 bridgehead atoms. The maximum Gasteiger partial charge on any atom is 0.281 e. The standard InChI is InChI=1S/C22H21F6N7O/c1-10-29-18-12(23)4-11(5-14(18)34(10)8-16(25)26)17-13(24)6-35-19(17)20(36-3)31-21(32-35)30-15-7-33(2)9-22(15,27)28/h4-6,15-16H,7-9H2,1-3H3,(H,30,32)/i3D3. The number of nitrogens with one attached hydrogen (secondary N) is 1. The maximum absolute atomic E-state index is 15.4. The summed E-state index contributed by atoms with van der Waals surface area (Å²) < 4.78 is 115. The Labute approximate surface area is 204 Å². The molecule has 4 heterocycles. The van der Waals surface area contributed by atoms with E-state index in [0.717, 1.165) is 21.3 Å². The largest absolute Gasteiger partial charge is 0.479 e. The summed E-state index contributed by atoms with van der Waals surface area (Å²) in [6, 6.07) is 0.690. The first-order valence-corrected chi connectivity index (χ1v) is 10.7. The topological polar surface area (TPSA) is 72.5 Å². The zero-order chi connectivity index (χ0) is 28.4. The minimum Gasteiger partial charge on any atom is -0.479 e. The summed E-state index contributed by atoms with van der Waals surface area (Å²) in [5.41, 5.74) is -1.18. The predicted molar refractivity (Wildman–Crippen MR) is 119 cm³/mol. The van der Waals surface area contributed by atoms with Crippen LogP contribution >= 0.6 is 0 Å². The van der Waals surface area contributed by atoms with Gasteiger partial charge in [-0.05, 0) is 31.7 Å². The van der Waals surface area contributed by atoms with E-state index in [1.54, 1.807) is 0 Å². The minimum atomic E-state index is -3.17. The van der Waals surface area contributed by atoms with E-state index in [9.17, 15) is 17.6 Å². The zero-order valence-electron chi connectivity index (χ0n) is 21.9. The number of likely N-dealkylation sites (N-methyl/N-ethyl adjacent to an activating group) is 1. The fourth-order valence-electron chi connectivity index (χ4n) is 4.53. The van der Waals surface area contributed by atoms with Gasteiger partial charge in [0.2, 0.25) is 11.8 Å². The van der Waals surface area contributed by atoms with Crippen LogP contribution in [0.5, 0.6) is 5.88 Å². The number of aromatic nitrogens is 5. The molecular formula is C22H21F6N7O. The summed E-state index contributed by atoms with van der Waals surface area (Å²) in [5, 5.41) is 6.45. The first-order chi connectivity index (χ1) is 18.1. The molecule has 36 heavy (non-hydrogen) atoms. The number of likely N-dealkylation sites (tertiary alicyclic amines) is 1. The van der Waals surface area contributed by atoms with Gasteiger partial charge in [0.05, 0.1) is 41.5 Å². The third kappa shape index (κ3) is 3.98. The number of anilines is 1. The van der Waals surface area contributed by atoms with Crippen LogP contribution in [0.15, 0.2) is 18.3 Å². The number of hydrogen-bond donors (Lipinski definition) is 1. The van der Waals surface area contributed by atoms with Crippen molar-refractivity contribution in [1.29, 1.82) is 0 Å². The molecule has 1 aromatic carbocycles. The van der Waals surface area contributed by atoms with Gasteiger partial charge in [-0.2, -0.15) is 4.98 Å². The fourth-order valence-corrected chi connectivity index (χ4v) is 4.53. The molecule has 3 aromatic heterocycles. The van der Waals surface area contributed by atoms with Crippen molar-refractivity contribution < 1.29 is 35.2 Å². The fraction of sp³-hybridized carbons (Fsp3) is 0.409. The maximum atomic E-state index is 15.4. The molecular weight excluding hydrogens is 492 g/mol. The number of ether oxygens (including phenoxy) is 1. The lowest BCUT2D eigenvalue weighted by Gasteiger charge is -2.19. The number of alkyl halides is 4. The Balaban J connectivity index is 1.68. The number of halogens is 6. The van der Waals surface area contributed by atoms with E-state index in [2.05, 4.69) is 20.4 Å². The van der Waals surface area contributed by atoms with Crippen LogP contribution in [0.4, 0.5) is 32.3 Å². The van der Waals surface area contributed by atoms with Crippen molar-refractivity contribution >= 4 is 22.5 Å². The molecule has 0 saturated carbocycles. The molecule has 1 unspecified atom stereocenters. The lowest BCUT2D eigenvalue weighted by atomic mass is 10.1. The van der Waals surface area contributed by atoms with Crippen molar-refractivity contribution in [2.45, 2.75) is 31.9 Å². The van der Waals surface area contributed by atoms with Gasteiger partial charge >= 0.3 is 0 Å². The molecule has 1 aliphatic rings. The van der Waals surface area contributed by atoms with E-state index in [-0.39, 0.29) is 34.5 Å². The van der Waals surface area contributed by atoms with E-state index >= 15 is 8.78 Å². The quantitative estimate of drug-likeness (QED) is 0.391. The number of methoxy groups -OCH3 is 1. The molecule has 8 nitrogen and oxygen atoms in total. The van der Waals surface area contributed by atoms with Gasteiger partial charge in [-0.1, -0.05) is 0 Å². The molecule has 0 radical (unpaired) electrons. The van der Waals surface area contributed by atoms with Crippen molar-refractivity contribution in [1.82, 2.24) is 29.0 Å². The highest BCUT2D eigenvalue weighted by atomic mass is 19.3. The summed E-state index contributed by atoms with van der Waals surface area (Å²) >= 11 is 0. The summed E-state index contributed by atoms with van der Waals surface area (Å²) in [6.07, 6.45) is -1.97. The molecule has 0 amide bonds. The number of aryl methyl sites for hydroxylation is 1. The highest BCUT2D eigenvalue weighted by Crippen LogP contribution is 2.37. The van der Waals surface area contributed by atoms with E-state index in [4.69, 9.17) is 8.85 Å². The number of benzene rings is 1. The smallest absolute Gasteiger partial charge is 0.281 e. The molecule has 5 rings (SSSR count). The number of rotatable bonds is 6. The van der Waals surface area contributed by atoms with Crippen LogP contribution < -0.4 is 10.1 Å². The lowest BCUT2D eigenvalue weighted by molar-refractivity contribution is 0.00582. The molecule has 192 valence electrons. The summed E-state index contributed by atoms with van der Waals surface area (Å²) in [7, 11) is -1.61. The van der Waals surface area contributed by atoms with Crippen LogP contribution in [-0.4, -0.2) is 74.6 Å². The second kappa shape index (κ2) is 8.54. The summed E-state index contributed by atoms with van der Waals surface area (Å²) in [6.45, 7) is -0.00741. The van der Waals surface area contributed by atoms with E-state index in [0.29, 0.717) is 0 Å².